The molecule has 0 atom stereocenters. The van der Waals surface area contributed by atoms with E-state index < -0.39 is 0 Å². The van der Waals surface area contributed by atoms with E-state index in [0.717, 1.165) is 54.3 Å². The van der Waals surface area contributed by atoms with Gasteiger partial charge in [-0.25, -0.2) is 15.0 Å². The Labute approximate surface area is 257 Å². The summed E-state index contributed by atoms with van der Waals surface area (Å²) >= 11 is 6.41. The van der Waals surface area contributed by atoms with E-state index in [1.54, 1.807) is 18.3 Å². The van der Waals surface area contributed by atoms with Crippen LogP contribution in [0.2, 0.25) is 5.02 Å². The number of nitrogens with two attached hydrogens (primary N) is 1. The summed E-state index contributed by atoms with van der Waals surface area (Å²) in [6.45, 7) is 23.5. The Morgan fingerprint density at radius 1 is 1.02 bits per heavy atom. The van der Waals surface area contributed by atoms with Gasteiger partial charge in [0.1, 0.15) is 17.9 Å². The van der Waals surface area contributed by atoms with Crippen molar-refractivity contribution >= 4 is 39.2 Å². The lowest BCUT2D eigenvalue weighted by molar-refractivity contribution is 0.0823. The number of benzene rings is 1. The maximum atomic E-state index is 6.41. The molecule has 1 aliphatic rings. The molecule has 0 aliphatic carbocycles. The minimum atomic E-state index is 0.226. The van der Waals surface area contributed by atoms with E-state index in [9.17, 15) is 0 Å². The van der Waals surface area contributed by atoms with Crippen molar-refractivity contribution < 1.29 is 4.74 Å². The van der Waals surface area contributed by atoms with E-state index >= 15 is 0 Å². The van der Waals surface area contributed by atoms with Crippen LogP contribution in [0, 0.1) is 0 Å². The summed E-state index contributed by atoms with van der Waals surface area (Å²) in [6.07, 6.45) is 9.58. The van der Waals surface area contributed by atoms with Crippen LogP contribution in [0.25, 0.3) is 21.8 Å². The molecule has 0 amide bonds. The van der Waals surface area contributed by atoms with Crippen molar-refractivity contribution in [1.29, 1.82) is 0 Å². The number of piperidine rings is 1. The summed E-state index contributed by atoms with van der Waals surface area (Å²) in [4.78, 5) is 19.0. The zero-order valence-corrected chi connectivity index (χ0v) is 27.2. The zero-order valence-electron chi connectivity index (χ0n) is 26.5. The second kappa shape index (κ2) is 20.3. The van der Waals surface area contributed by atoms with Gasteiger partial charge >= 0.3 is 0 Å². The first-order valence-electron chi connectivity index (χ1n) is 14.9. The van der Waals surface area contributed by atoms with Gasteiger partial charge in [0.05, 0.1) is 15.9 Å². The number of allylic oxidation sites excluding steroid dienone is 2. The van der Waals surface area contributed by atoms with Gasteiger partial charge in [-0.15, -0.1) is 0 Å². The smallest absolute Gasteiger partial charge is 0.223 e. The summed E-state index contributed by atoms with van der Waals surface area (Å²) in [5.41, 5.74) is 8.03. The van der Waals surface area contributed by atoms with Crippen LogP contribution in [0.1, 0.15) is 67.0 Å². The Kier molecular flexibility index (Phi) is 17.7. The highest BCUT2D eigenvalue weighted by atomic mass is 35.5. The molecule has 2 N–H and O–H groups in total. The standard InChI is InChI=1S/C19H25ClN2O.C7H6N4.C4H6.2C2H6/c1-4-15-12-14-6-5-7-17(20)18(14)19(21-15)23-16-8-10-22(11-9-16)13(2)3;8-7-6-5(10-4-11-7)2-1-3-9-6;1-3-4-2;2*1-2/h5-7,12-13,16H,4,8-11H2,1-3H3;1-4H,(H2,8,10,11);3-4H,1-2H2;2*1-2H3. The molecule has 4 heterocycles. The monoisotopic (exact) mass is 592 g/mol. The second-order valence-electron chi connectivity index (χ2n) is 9.16. The average molecular weight is 593 g/mol. The molecule has 0 saturated carbocycles. The van der Waals surface area contributed by atoms with Crippen LogP contribution in [-0.4, -0.2) is 50.1 Å². The molecule has 1 aliphatic heterocycles. The van der Waals surface area contributed by atoms with Crippen molar-refractivity contribution in [3.63, 3.8) is 0 Å². The number of pyridine rings is 2. The van der Waals surface area contributed by atoms with Gasteiger partial charge in [0.15, 0.2) is 5.82 Å². The number of hydrogen-bond donors (Lipinski definition) is 1. The Bertz CT molecular complexity index is 1340. The average Bonchev–Trinajstić information content (AvgIpc) is 3.04. The van der Waals surface area contributed by atoms with Crippen molar-refractivity contribution in [3.8, 4) is 5.88 Å². The van der Waals surface area contributed by atoms with Crippen molar-refractivity contribution in [2.75, 3.05) is 18.8 Å². The van der Waals surface area contributed by atoms with Gasteiger partial charge in [-0.05, 0) is 62.8 Å². The largest absolute Gasteiger partial charge is 0.474 e. The van der Waals surface area contributed by atoms with E-state index in [-0.39, 0.29) is 6.10 Å². The lowest BCUT2D eigenvalue weighted by Gasteiger charge is -2.34. The molecule has 4 aromatic rings. The fraction of sp³-hybridized carbons (Fsp3) is 0.412. The van der Waals surface area contributed by atoms with Crippen molar-refractivity contribution in [3.05, 3.63) is 84.9 Å². The minimum Gasteiger partial charge on any atom is -0.474 e. The number of nitrogens with zero attached hydrogens (tertiary/aromatic N) is 5. The van der Waals surface area contributed by atoms with E-state index in [1.807, 2.05) is 52.0 Å². The van der Waals surface area contributed by atoms with Gasteiger partial charge in [0.25, 0.3) is 0 Å². The van der Waals surface area contributed by atoms with Crippen LogP contribution < -0.4 is 10.5 Å². The molecule has 1 saturated heterocycles. The number of ether oxygens (including phenoxy) is 1. The van der Waals surface area contributed by atoms with Crippen molar-refractivity contribution in [1.82, 2.24) is 24.8 Å². The molecular formula is C34H49ClN6O. The molecule has 1 fully saturated rings. The summed E-state index contributed by atoms with van der Waals surface area (Å²) in [7, 11) is 0. The molecule has 8 heteroatoms. The molecule has 0 radical (unpaired) electrons. The predicted molar refractivity (Wildman–Crippen MR) is 181 cm³/mol. The van der Waals surface area contributed by atoms with Crippen molar-refractivity contribution in [2.24, 2.45) is 0 Å². The molecule has 228 valence electrons. The van der Waals surface area contributed by atoms with Gasteiger partial charge in [-0.3, -0.25) is 4.98 Å². The Morgan fingerprint density at radius 3 is 2.26 bits per heavy atom. The van der Waals surface area contributed by atoms with E-state index in [2.05, 4.69) is 65.9 Å². The highest BCUT2D eigenvalue weighted by Crippen LogP contribution is 2.33. The summed E-state index contributed by atoms with van der Waals surface area (Å²) in [6, 6.07) is 12.3. The number of fused-ring (bicyclic) bond motifs is 2. The third-order valence-electron chi connectivity index (χ3n) is 6.26. The highest BCUT2D eigenvalue weighted by Gasteiger charge is 2.23. The van der Waals surface area contributed by atoms with Crippen LogP contribution >= 0.6 is 11.6 Å². The Morgan fingerprint density at radius 2 is 1.69 bits per heavy atom. The van der Waals surface area contributed by atoms with Gasteiger partial charge in [0.2, 0.25) is 5.88 Å². The van der Waals surface area contributed by atoms with Crippen LogP contribution in [-0.2, 0) is 6.42 Å². The quantitative estimate of drug-likeness (QED) is 0.232. The van der Waals surface area contributed by atoms with Gasteiger partial charge in [-0.1, -0.05) is 83.7 Å². The van der Waals surface area contributed by atoms with E-state index in [1.165, 1.54) is 6.33 Å². The number of rotatable bonds is 5. The topological polar surface area (TPSA) is 90.0 Å². The fourth-order valence-corrected chi connectivity index (χ4v) is 4.39. The number of hydrogen-bond acceptors (Lipinski definition) is 7. The zero-order chi connectivity index (χ0) is 31.5. The number of aryl methyl sites for hydroxylation is 1. The first-order valence-corrected chi connectivity index (χ1v) is 15.3. The van der Waals surface area contributed by atoms with Crippen LogP contribution in [0.4, 0.5) is 5.82 Å². The predicted octanol–water partition coefficient (Wildman–Crippen LogP) is 8.72. The van der Waals surface area contributed by atoms with E-state index in [4.69, 9.17) is 27.1 Å². The third-order valence-corrected chi connectivity index (χ3v) is 6.58. The number of aromatic nitrogens is 4. The maximum Gasteiger partial charge on any atom is 0.223 e. The number of nitrogen functional groups attached to an aromatic ring is 1. The molecule has 5 rings (SSSR count). The molecule has 1 aromatic carbocycles. The number of anilines is 1. The third kappa shape index (κ3) is 11.0. The summed E-state index contributed by atoms with van der Waals surface area (Å²) in [5, 5.41) is 2.77. The first-order chi connectivity index (χ1) is 20.4. The van der Waals surface area contributed by atoms with Crippen LogP contribution in [0.15, 0.2) is 74.2 Å². The maximum absolute atomic E-state index is 6.41. The Balaban J connectivity index is 0.000000385. The summed E-state index contributed by atoms with van der Waals surface area (Å²) < 4.78 is 6.30. The molecular weight excluding hydrogens is 544 g/mol. The minimum absolute atomic E-state index is 0.226. The lowest BCUT2D eigenvalue weighted by atomic mass is 10.1. The molecule has 0 bridgehead atoms. The van der Waals surface area contributed by atoms with Crippen LogP contribution in [0.5, 0.6) is 5.88 Å². The molecule has 0 unspecified atom stereocenters. The molecule has 3 aromatic heterocycles. The second-order valence-corrected chi connectivity index (χ2v) is 9.57. The molecule has 42 heavy (non-hydrogen) atoms. The van der Waals surface area contributed by atoms with Crippen molar-refractivity contribution in [2.45, 2.75) is 79.9 Å². The SMILES string of the molecule is C=CC=C.CC.CC.CCc1cc2cccc(Cl)c2c(OC2CCN(C(C)C)CC2)n1.Nc1ncnc2cccnc12. The van der Waals surface area contributed by atoms with Crippen LogP contribution in [0.3, 0.4) is 0 Å². The van der Waals surface area contributed by atoms with Gasteiger partial charge in [-0.2, -0.15) is 0 Å². The fourth-order valence-electron chi connectivity index (χ4n) is 4.13. The lowest BCUT2D eigenvalue weighted by Crippen LogP contribution is -2.41. The highest BCUT2D eigenvalue weighted by molar-refractivity contribution is 6.36. The number of halogens is 1. The van der Waals surface area contributed by atoms with Gasteiger partial charge in [0, 0.05) is 31.0 Å². The normalized spacial score (nSPS) is 12.8. The molecule has 7 nitrogen and oxygen atoms in total. The molecule has 0 spiro atoms. The first kappa shape index (κ1) is 36.5. The Hall–Kier alpha value is -3.55. The number of likely N-dealkylation sites (tertiary alicyclic amines) is 1. The van der Waals surface area contributed by atoms with Gasteiger partial charge < -0.3 is 15.4 Å². The van der Waals surface area contributed by atoms with E-state index in [0.29, 0.717) is 28.3 Å². The summed E-state index contributed by atoms with van der Waals surface area (Å²) in [5.74, 6) is 1.13.